The number of ether oxygens (including phenoxy) is 8. The number of terminal acetylenes is 8. The Labute approximate surface area is 421 Å². The zero-order valence-electron chi connectivity index (χ0n) is 40.0. The summed E-state index contributed by atoms with van der Waals surface area (Å²) in [6.07, 6.45) is 46.6. The van der Waals surface area contributed by atoms with Crippen molar-refractivity contribution in [1.82, 2.24) is 19.9 Å². The Kier molecular flexibility index (Phi) is 15.8. The molecule has 2 N–H and O–H groups in total. The standard InChI is InChI=1S/C60H54N4O8/c1-9-17-65-53-25-37-38(26-54(53)66-18-10-2)46-34-48-41-29-57(69-21-13-5)58(70-22-14-6)30-42(41)50(63-48)36-52-44-32-60(72-24-16-8)59(71-23-15-7)31-43(44)51(64-52)35-49-40-28-56(68-20-12-4)55(67-19-11-3)27-39(40)47(62-49)33-45(37)61-46/h1-8,33-36,53-62H,17-32H2. The Balaban J connectivity index is 1.34. The molecule has 0 amide bonds. The number of H-pyrrole nitrogens is 2. The minimum atomic E-state index is -0.396. The van der Waals surface area contributed by atoms with Crippen LogP contribution < -0.4 is 0 Å². The lowest BCUT2D eigenvalue weighted by Crippen LogP contribution is -2.39. The van der Waals surface area contributed by atoms with Crippen molar-refractivity contribution in [2.24, 2.45) is 0 Å². The van der Waals surface area contributed by atoms with E-state index in [1.807, 2.05) is 0 Å². The molecule has 0 spiro atoms. The van der Waals surface area contributed by atoms with Gasteiger partial charge in [0, 0.05) is 73.4 Å². The largest absolute Gasteiger partial charge is 0.363 e. The monoisotopic (exact) mass is 958 g/mol. The highest BCUT2D eigenvalue weighted by molar-refractivity contribution is 5.98. The molecule has 0 radical (unpaired) electrons. The molecule has 12 nitrogen and oxygen atoms in total. The molecular formula is C60H54N4O8. The van der Waals surface area contributed by atoms with Gasteiger partial charge in [-0.05, 0) is 68.8 Å². The summed E-state index contributed by atoms with van der Waals surface area (Å²) < 4.78 is 50.3. The van der Waals surface area contributed by atoms with Gasteiger partial charge in [0.1, 0.15) is 52.9 Å². The van der Waals surface area contributed by atoms with E-state index in [0.29, 0.717) is 51.4 Å². The molecule has 0 saturated heterocycles. The van der Waals surface area contributed by atoms with Gasteiger partial charge in [-0.1, -0.05) is 47.4 Å². The van der Waals surface area contributed by atoms with Gasteiger partial charge in [-0.3, -0.25) is 0 Å². The predicted molar refractivity (Wildman–Crippen MR) is 276 cm³/mol. The maximum Gasteiger partial charge on any atom is 0.107 e. The SMILES string of the molecule is C#CCOC1CC2=C(CC1OCC#C)c1cc3[nH]c(cc4[nH]c(cc5nc(cc2n1)C1=C5CC(OCC#C)C(OCC#C)C1)c1c4CC(OCC#C)C(OCC#C)C1)c1c3CC(OCC#C)C(OCC#C)C1. The lowest BCUT2D eigenvalue weighted by Gasteiger charge is -2.32. The van der Waals surface area contributed by atoms with Gasteiger partial charge in [0.15, 0.2) is 0 Å². The topological polar surface area (TPSA) is 131 Å². The first-order chi connectivity index (χ1) is 35.3. The van der Waals surface area contributed by atoms with E-state index in [4.69, 9.17) is 99.2 Å². The number of nitrogens with one attached hydrogen (secondary N) is 2. The van der Waals surface area contributed by atoms with Crippen LogP contribution in [-0.2, 0) is 63.6 Å². The van der Waals surface area contributed by atoms with Crippen molar-refractivity contribution in [1.29, 1.82) is 0 Å². The number of hydrogen-bond donors (Lipinski definition) is 2. The van der Waals surface area contributed by atoms with Gasteiger partial charge >= 0.3 is 0 Å². The van der Waals surface area contributed by atoms with Crippen LogP contribution in [0.2, 0.25) is 0 Å². The molecule has 72 heavy (non-hydrogen) atoms. The number of nitrogens with zero attached hydrogens (tertiary/aromatic N) is 2. The summed E-state index contributed by atoms with van der Waals surface area (Å²) in [5.74, 6) is 21.0. The van der Waals surface area contributed by atoms with Crippen LogP contribution in [0.1, 0.15) is 70.7 Å². The Morgan fingerprint density at radius 3 is 0.764 bits per heavy atom. The number of aromatic nitrogens is 4. The van der Waals surface area contributed by atoms with Crippen molar-refractivity contribution in [3.05, 3.63) is 69.3 Å². The Morgan fingerprint density at radius 1 is 0.319 bits per heavy atom. The molecular weight excluding hydrogens is 905 g/mol. The first-order valence-corrected chi connectivity index (χ1v) is 24.0. The van der Waals surface area contributed by atoms with E-state index >= 15 is 0 Å². The molecule has 8 bridgehead atoms. The Bertz CT molecular complexity index is 2980. The highest BCUT2D eigenvalue weighted by Crippen LogP contribution is 2.47. The molecule has 3 aromatic rings. The molecule has 8 unspecified atom stereocenters. The summed E-state index contributed by atoms with van der Waals surface area (Å²) in [7, 11) is 0. The van der Waals surface area contributed by atoms with Crippen LogP contribution in [0.3, 0.4) is 0 Å². The van der Waals surface area contributed by atoms with Gasteiger partial charge < -0.3 is 47.9 Å². The highest BCUT2D eigenvalue weighted by atomic mass is 16.6. The third-order valence-corrected chi connectivity index (χ3v) is 14.1. The van der Waals surface area contributed by atoms with E-state index in [-0.39, 0.29) is 77.3 Å². The number of aromatic amines is 2. The van der Waals surface area contributed by atoms with Crippen LogP contribution in [0.4, 0.5) is 0 Å². The second kappa shape index (κ2) is 22.9. The van der Waals surface area contributed by atoms with Gasteiger partial charge in [-0.25, -0.2) is 9.97 Å². The van der Waals surface area contributed by atoms with Crippen LogP contribution in [0.15, 0.2) is 24.3 Å². The van der Waals surface area contributed by atoms with Crippen molar-refractivity contribution in [3.8, 4) is 98.8 Å². The molecule has 12 heteroatoms. The fraction of sp³-hybridized carbons (Fsp3) is 0.400. The molecule has 5 heterocycles. The Morgan fingerprint density at radius 2 is 0.528 bits per heavy atom. The molecule has 8 atom stereocenters. The van der Waals surface area contributed by atoms with Crippen LogP contribution in [-0.4, -0.2) is 122 Å². The highest BCUT2D eigenvalue weighted by Gasteiger charge is 2.40. The normalized spacial score (nSPS) is 23.8. The molecule has 3 aromatic heterocycles. The van der Waals surface area contributed by atoms with Crippen molar-refractivity contribution in [3.63, 3.8) is 0 Å². The number of rotatable bonds is 16. The van der Waals surface area contributed by atoms with Crippen LogP contribution >= 0.6 is 0 Å². The number of fused-ring (bicyclic) bond motifs is 18. The number of hydrogen-bond acceptors (Lipinski definition) is 10. The smallest absolute Gasteiger partial charge is 0.107 e. The quantitative estimate of drug-likeness (QED) is 0.163. The molecule has 2 aliphatic heterocycles. The fourth-order valence-corrected chi connectivity index (χ4v) is 11.0. The van der Waals surface area contributed by atoms with E-state index in [2.05, 4.69) is 81.6 Å². The maximum absolute atomic E-state index is 6.30. The third kappa shape index (κ3) is 10.3. The summed E-state index contributed by atoms with van der Waals surface area (Å²) in [6.45, 7) is 0.838. The second-order valence-electron chi connectivity index (χ2n) is 18.1. The fourth-order valence-electron chi connectivity index (χ4n) is 11.0. The van der Waals surface area contributed by atoms with Gasteiger partial charge in [0.2, 0.25) is 0 Å². The summed E-state index contributed by atoms with van der Waals surface area (Å²) in [6, 6.07) is 8.43. The average molecular weight is 959 g/mol. The van der Waals surface area contributed by atoms with Gasteiger partial charge in [-0.2, -0.15) is 0 Å². The van der Waals surface area contributed by atoms with Crippen molar-refractivity contribution in [2.45, 2.75) is 100 Å². The molecule has 6 aliphatic rings. The minimum Gasteiger partial charge on any atom is -0.363 e. The molecule has 362 valence electrons. The zero-order chi connectivity index (χ0) is 50.1. The third-order valence-electron chi connectivity index (χ3n) is 14.1. The second-order valence-corrected chi connectivity index (χ2v) is 18.1. The van der Waals surface area contributed by atoms with Crippen molar-refractivity contribution in [2.75, 3.05) is 52.9 Å². The van der Waals surface area contributed by atoms with Crippen LogP contribution in [0, 0.1) is 98.8 Å². The summed E-state index contributed by atoms with van der Waals surface area (Å²) in [4.78, 5) is 18.6. The van der Waals surface area contributed by atoms with Crippen LogP contribution in [0.25, 0.3) is 44.4 Å². The summed E-state index contributed by atoms with van der Waals surface area (Å²) in [5.41, 5.74) is 14.6. The van der Waals surface area contributed by atoms with Crippen LogP contribution in [0.5, 0.6) is 0 Å². The first-order valence-electron chi connectivity index (χ1n) is 24.0. The van der Waals surface area contributed by atoms with Gasteiger partial charge in [0.05, 0.1) is 71.6 Å². The van der Waals surface area contributed by atoms with Gasteiger partial charge in [-0.15, -0.1) is 51.4 Å². The summed E-state index contributed by atoms with van der Waals surface area (Å²) >= 11 is 0. The minimum absolute atomic E-state index is 0.101. The van der Waals surface area contributed by atoms with E-state index in [9.17, 15) is 0 Å². The molecule has 0 aromatic carbocycles. The van der Waals surface area contributed by atoms with Crippen molar-refractivity contribution < 1.29 is 37.9 Å². The first kappa shape index (κ1) is 49.7. The molecule has 4 aliphatic carbocycles. The van der Waals surface area contributed by atoms with Gasteiger partial charge in [0.25, 0.3) is 0 Å². The lowest BCUT2D eigenvalue weighted by atomic mass is 9.84. The predicted octanol–water partition coefficient (Wildman–Crippen LogP) is 6.07. The average Bonchev–Trinajstić information content (AvgIpc) is 4.11. The van der Waals surface area contributed by atoms with E-state index in [1.165, 1.54) is 0 Å². The van der Waals surface area contributed by atoms with E-state index in [1.54, 1.807) is 0 Å². The lowest BCUT2D eigenvalue weighted by molar-refractivity contribution is -0.0587. The van der Waals surface area contributed by atoms with Crippen molar-refractivity contribution >= 4 is 44.4 Å². The molecule has 0 saturated carbocycles. The zero-order valence-corrected chi connectivity index (χ0v) is 40.0. The maximum atomic E-state index is 6.30. The molecule has 9 rings (SSSR count). The molecule has 0 fully saturated rings. The van der Waals surface area contributed by atoms with E-state index < -0.39 is 24.4 Å². The summed E-state index contributed by atoms with van der Waals surface area (Å²) in [5, 5.41) is 0. The Hall–Kier alpha value is -7.24. The van der Waals surface area contributed by atoms with E-state index in [0.717, 1.165) is 89.4 Å².